The summed E-state index contributed by atoms with van der Waals surface area (Å²) in [5, 5.41) is 3.80. The monoisotopic (exact) mass is 982 g/mol. The summed E-state index contributed by atoms with van der Waals surface area (Å²) < 4.78 is 25.9. The van der Waals surface area contributed by atoms with Gasteiger partial charge in [-0.1, -0.05) is 162 Å². The van der Waals surface area contributed by atoms with E-state index in [9.17, 15) is 0 Å². The van der Waals surface area contributed by atoms with Crippen molar-refractivity contribution in [2.75, 3.05) is 0 Å². The number of hydrogen-bond acceptors (Lipinski definition) is 3. The van der Waals surface area contributed by atoms with E-state index in [4.69, 9.17) is 12.1 Å². The van der Waals surface area contributed by atoms with Crippen molar-refractivity contribution in [2.45, 2.75) is 78.4 Å². The Morgan fingerprint density at radius 3 is 2.05 bits per heavy atom. The number of hydrogen-bond donors (Lipinski definition) is 0. The van der Waals surface area contributed by atoms with Gasteiger partial charge in [-0.3, -0.25) is 4.98 Å². The van der Waals surface area contributed by atoms with Crippen LogP contribution in [-0.4, -0.2) is 22.6 Å². The van der Waals surface area contributed by atoms with Crippen LogP contribution in [0.3, 0.4) is 0 Å². The summed E-state index contributed by atoms with van der Waals surface area (Å²) in [6.45, 7) is 14.6. The van der Waals surface area contributed by atoms with Crippen LogP contribution < -0.4 is 5.19 Å². The van der Waals surface area contributed by atoms with Gasteiger partial charge in [0, 0.05) is 40.1 Å². The zero-order chi connectivity index (χ0) is 42.9. The molecule has 0 aliphatic carbocycles. The maximum atomic E-state index is 8.80. The molecule has 0 spiro atoms. The zero-order valence-corrected chi connectivity index (χ0v) is 39.0. The molecule has 3 aromatic heterocycles. The molecule has 6 aromatic carbocycles. The summed E-state index contributed by atoms with van der Waals surface area (Å²) in [6, 6.07) is 58.0. The first-order valence-electron chi connectivity index (χ1n) is 21.8. The predicted octanol–water partition coefficient (Wildman–Crippen LogP) is 14.6. The Hall–Kier alpha value is -5.39. The van der Waals surface area contributed by atoms with Gasteiger partial charge in [0.15, 0.2) is 0 Å². The smallest absolute Gasteiger partial charge is 0.120 e. The zero-order valence-electron chi connectivity index (χ0n) is 37.6. The quantitative estimate of drug-likeness (QED) is 0.101. The molecule has 1 radical (unpaired) electrons. The first kappa shape index (κ1) is 40.0. The van der Waals surface area contributed by atoms with Gasteiger partial charge in [-0.05, 0) is 64.0 Å². The second-order valence-corrected chi connectivity index (χ2v) is 21.0. The van der Waals surface area contributed by atoms with Crippen LogP contribution in [0.2, 0.25) is 18.1 Å². The van der Waals surface area contributed by atoms with Crippen molar-refractivity contribution >= 4 is 46.2 Å². The van der Waals surface area contributed by atoms with E-state index in [1.165, 1.54) is 29.3 Å². The Morgan fingerprint density at radius 2 is 1.37 bits per heavy atom. The summed E-state index contributed by atoms with van der Waals surface area (Å²) in [7, 11) is -1.36. The second kappa shape index (κ2) is 18.5. The largest absolute Gasteiger partial charge is 0.501 e. The van der Waals surface area contributed by atoms with Gasteiger partial charge < -0.3 is 14.0 Å². The number of pyridine rings is 1. The minimum atomic E-state index is -1.36. The normalized spacial score (nSPS) is 12.4. The average molecular weight is 982 g/mol. The SMILES string of the molecule is CC[Si](CC)(CC)c1ccc(-c2ccnc(-c3[c-]ccc4c3oc3ccccc34)c2)cc1.[2H]C(C)(C)c1cccc(C([2H])(C)C)c1-n1c(-c2[c-]cccc2)nc2ccccc21.[Ir]. The fourth-order valence-corrected chi connectivity index (χ4v) is 12.2. The fraction of sp³-hybridized carbons (Fsp3) is 0.222. The van der Waals surface area contributed by atoms with E-state index in [-0.39, 0.29) is 20.1 Å². The van der Waals surface area contributed by atoms with E-state index in [1.54, 1.807) is 5.19 Å². The van der Waals surface area contributed by atoms with Crippen LogP contribution in [0.1, 0.15) is 74.1 Å². The summed E-state index contributed by atoms with van der Waals surface area (Å²) in [5.41, 5.74) is 11.3. The molecule has 0 aliphatic rings. The van der Waals surface area contributed by atoms with Crippen LogP contribution in [0.5, 0.6) is 0 Å². The van der Waals surface area contributed by atoms with Crippen molar-refractivity contribution in [3.05, 3.63) is 169 Å². The molecule has 0 saturated heterocycles. The molecule has 0 saturated carbocycles. The van der Waals surface area contributed by atoms with Crippen LogP contribution >= 0.6 is 0 Å². The Balaban J connectivity index is 0.000000184. The Bertz CT molecular complexity index is 2920. The number of imidazole rings is 1. The first-order valence-corrected chi connectivity index (χ1v) is 23.5. The minimum absolute atomic E-state index is 0. The number of para-hydroxylation sites is 4. The van der Waals surface area contributed by atoms with E-state index in [0.29, 0.717) is 0 Å². The minimum Gasteiger partial charge on any atom is -0.501 e. The number of aromatic nitrogens is 3. The van der Waals surface area contributed by atoms with Gasteiger partial charge in [0.1, 0.15) is 5.58 Å². The predicted molar refractivity (Wildman–Crippen MR) is 252 cm³/mol. The van der Waals surface area contributed by atoms with Crippen molar-refractivity contribution in [3.63, 3.8) is 0 Å². The molecule has 4 nitrogen and oxygen atoms in total. The molecule has 0 unspecified atom stereocenters. The number of fused-ring (bicyclic) bond motifs is 4. The third-order valence-corrected chi connectivity index (χ3v) is 17.7. The van der Waals surface area contributed by atoms with E-state index in [0.717, 1.165) is 72.4 Å². The standard InChI is InChI=1S/C29H28NOSi.C25H25N2.Ir/c1-4-32(5-2,6-3)23-16-14-21(15-17-23)22-18-19-30-27(20-22)26-12-9-11-25-24-10-7-8-13-28(24)31-29(25)26;1-17(2)20-13-10-14-21(18(3)4)24(20)27-23-16-9-8-15-22(23)26-25(27)19-11-6-5-7-12-19;/h7-11,13-20H,4-6H2,1-3H3;5-11,13-18H,1-4H3;/q2*-1;/i;17D,18D;. The summed E-state index contributed by atoms with van der Waals surface area (Å²) in [4.78, 5) is 9.58. The number of nitrogens with zero attached hydrogens (tertiary/aromatic N) is 3. The van der Waals surface area contributed by atoms with Gasteiger partial charge in [0.05, 0.1) is 30.5 Å². The summed E-state index contributed by atoms with van der Waals surface area (Å²) in [5.74, 6) is -0.895. The molecule has 9 aromatic rings. The molecule has 6 heteroatoms. The number of benzene rings is 6. The molecule has 0 atom stereocenters. The van der Waals surface area contributed by atoms with Crippen LogP contribution in [-0.2, 0) is 20.1 Å². The molecule has 0 N–H and O–H groups in total. The third-order valence-electron chi connectivity index (χ3n) is 12.1. The summed E-state index contributed by atoms with van der Waals surface area (Å²) >= 11 is 0. The maximum Gasteiger partial charge on any atom is 0.120 e. The van der Waals surface area contributed by atoms with Gasteiger partial charge in [0.25, 0.3) is 0 Å². The van der Waals surface area contributed by atoms with Crippen molar-refractivity contribution in [1.82, 2.24) is 14.5 Å². The van der Waals surface area contributed by atoms with E-state index in [2.05, 4.69) is 91.0 Å². The molecule has 3 heterocycles. The molecule has 0 aliphatic heterocycles. The number of furan rings is 1. The van der Waals surface area contributed by atoms with Crippen LogP contribution in [0, 0.1) is 12.1 Å². The summed E-state index contributed by atoms with van der Waals surface area (Å²) in [6.07, 6.45) is 1.89. The van der Waals surface area contributed by atoms with Crippen LogP contribution in [0.4, 0.5) is 0 Å². The van der Waals surface area contributed by atoms with Gasteiger partial charge in [0.2, 0.25) is 0 Å². The van der Waals surface area contributed by atoms with Crippen LogP contribution in [0.15, 0.2) is 150 Å². The molecular formula is C54H53IrN3OSi-2. The first-order chi connectivity index (χ1) is 29.4. The molecule has 305 valence electrons. The van der Waals surface area contributed by atoms with Crippen LogP contribution in [0.25, 0.3) is 72.4 Å². The molecular weight excluding hydrogens is 927 g/mol. The van der Waals surface area contributed by atoms with Gasteiger partial charge in [-0.25, -0.2) is 0 Å². The van der Waals surface area contributed by atoms with Gasteiger partial charge in [-0.2, -0.15) is 0 Å². The Kier molecular flexibility index (Phi) is 12.3. The van der Waals surface area contributed by atoms with E-state index in [1.807, 2.05) is 125 Å². The van der Waals surface area contributed by atoms with Gasteiger partial charge >= 0.3 is 0 Å². The molecule has 0 bridgehead atoms. The van der Waals surface area contributed by atoms with Gasteiger partial charge in [-0.15, -0.1) is 54.1 Å². The molecule has 60 heavy (non-hydrogen) atoms. The Morgan fingerprint density at radius 1 is 0.683 bits per heavy atom. The number of rotatable bonds is 10. The third kappa shape index (κ3) is 8.09. The van der Waals surface area contributed by atoms with Crippen molar-refractivity contribution in [1.29, 1.82) is 0 Å². The Labute approximate surface area is 372 Å². The van der Waals surface area contributed by atoms with E-state index < -0.39 is 19.9 Å². The molecule has 0 fully saturated rings. The average Bonchev–Trinajstić information content (AvgIpc) is 3.86. The van der Waals surface area contributed by atoms with Crippen molar-refractivity contribution in [2.24, 2.45) is 0 Å². The van der Waals surface area contributed by atoms with Crippen molar-refractivity contribution < 1.29 is 27.3 Å². The fourth-order valence-electron chi connectivity index (χ4n) is 8.56. The molecule has 9 rings (SSSR count). The van der Waals surface area contributed by atoms with Crippen molar-refractivity contribution in [3.8, 4) is 39.5 Å². The van der Waals surface area contributed by atoms with E-state index >= 15 is 0 Å². The maximum absolute atomic E-state index is 8.80. The second-order valence-electron chi connectivity index (χ2n) is 15.8. The molecule has 0 amide bonds. The topological polar surface area (TPSA) is 43.9 Å².